The summed E-state index contributed by atoms with van der Waals surface area (Å²) in [4.78, 5) is 4.34. The maximum absolute atomic E-state index is 10.2. The van der Waals surface area contributed by atoms with Crippen LogP contribution in [0.5, 0.6) is 0 Å². The first-order valence-corrected chi connectivity index (χ1v) is 12.4. The van der Waals surface area contributed by atoms with Crippen LogP contribution in [-0.2, 0) is 0 Å². The van der Waals surface area contributed by atoms with Crippen molar-refractivity contribution >= 4 is 10.8 Å². The molecular weight excluding hydrogens is 378 g/mol. The highest BCUT2D eigenvalue weighted by Crippen LogP contribution is 2.53. The number of hydrogen-bond donors (Lipinski definition) is 1. The molecule has 0 bridgehead atoms. The van der Waals surface area contributed by atoms with E-state index in [4.69, 9.17) is 0 Å². The third-order valence-corrected chi connectivity index (χ3v) is 8.81. The van der Waals surface area contributed by atoms with Gasteiger partial charge in [-0.05, 0) is 103 Å². The van der Waals surface area contributed by atoms with E-state index in [9.17, 15) is 5.11 Å². The monoisotopic (exact) mass is 415 g/mol. The Kier molecular flexibility index (Phi) is 5.54. The lowest BCUT2D eigenvalue weighted by atomic mass is 9.71. The van der Waals surface area contributed by atoms with Crippen molar-refractivity contribution in [2.24, 2.45) is 10.8 Å². The predicted molar refractivity (Wildman–Crippen MR) is 129 cm³/mol. The van der Waals surface area contributed by atoms with Crippen LogP contribution in [0.4, 0.5) is 0 Å². The largest absolute Gasteiger partial charge is 0.389 e. The molecule has 1 saturated carbocycles. The van der Waals surface area contributed by atoms with Crippen molar-refractivity contribution in [3.8, 4) is 0 Å². The molecule has 31 heavy (non-hydrogen) atoms. The normalized spacial score (nSPS) is 33.5. The zero-order chi connectivity index (χ0) is 21.5. The van der Waals surface area contributed by atoms with Gasteiger partial charge in [-0.2, -0.15) is 0 Å². The molecule has 0 radical (unpaired) electrons. The molecule has 4 unspecified atom stereocenters. The fraction of sp³-hybridized carbons (Fsp3) is 0.552. The molecule has 0 aliphatic heterocycles. The second kappa shape index (κ2) is 8.20. The van der Waals surface area contributed by atoms with Gasteiger partial charge in [0, 0.05) is 17.8 Å². The average molecular weight is 416 g/mol. The number of allylic oxidation sites excluding steroid dienone is 3. The number of pyridine rings is 1. The van der Waals surface area contributed by atoms with Crippen LogP contribution in [0.2, 0.25) is 0 Å². The summed E-state index contributed by atoms with van der Waals surface area (Å²) in [6.07, 6.45) is 20.5. The Morgan fingerprint density at radius 1 is 1.03 bits per heavy atom. The van der Waals surface area contributed by atoms with Crippen molar-refractivity contribution in [2.75, 3.05) is 0 Å². The van der Waals surface area contributed by atoms with E-state index in [1.54, 1.807) is 5.57 Å². The SMILES string of the molecule is CC12CCCC(CCC3(C)CCCC3c3ccc4ccncc4c3)=CC1=CC(O)CC2. The molecule has 1 heterocycles. The lowest BCUT2D eigenvalue weighted by molar-refractivity contribution is 0.166. The average Bonchev–Trinajstić information content (AvgIpc) is 3.07. The third kappa shape index (κ3) is 4.12. The van der Waals surface area contributed by atoms with Crippen LogP contribution >= 0.6 is 0 Å². The first-order chi connectivity index (χ1) is 15.0. The summed E-state index contributed by atoms with van der Waals surface area (Å²) in [5.74, 6) is 0.643. The zero-order valence-electron chi connectivity index (χ0n) is 19.2. The van der Waals surface area contributed by atoms with Gasteiger partial charge < -0.3 is 5.11 Å². The van der Waals surface area contributed by atoms with Crippen molar-refractivity contribution in [1.82, 2.24) is 4.98 Å². The third-order valence-electron chi connectivity index (χ3n) is 8.81. The van der Waals surface area contributed by atoms with Crippen LogP contribution in [0.15, 0.2) is 60.0 Å². The highest BCUT2D eigenvalue weighted by Gasteiger charge is 2.40. The first-order valence-electron chi connectivity index (χ1n) is 12.4. The van der Waals surface area contributed by atoms with Gasteiger partial charge in [0.15, 0.2) is 0 Å². The topological polar surface area (TPSA) is 33.1 Å². The van der Waals surface area contributed by atoms with Crippen molar-refractivity contribution in [1.29, 1.82) is 0 Å². The quantitative estimate of drug-likeness (QED) is 0.561. The van der Waals surface area contributed by atoms with E-state index in [1.807, 2.05) is 12.4 Å². The Bertz CT molecular complexity index is 1020. The van der Waals surface area contributed by atoms with Gasteiger partial charge in [0.1, 0.15) is 0 Å². The second-order valence-corrected chi connectivity index (χ2v) is 11.0. The Morgan fingerprint density at radius 3 is 2.84 bits per heavy atom. The predicted octanol–water partition coefficient (Wildman–Crippen LogP) is 7.49. The highest BCUT2D eigenvalue weighted by atomic mass is 16.3. The van der Waals surface area contributed by atoms with E-state index in [-0.39, 0.29) is 11.5 Å². The molecule has 3 aliphatic rings. The minimum Gasteiger partial charge on any atom is -0.389 e. The number of aromatic nitrogens is 1. The molecule has 2 nitrogen and oxygen atoms in total. The van der Waals surface area contributed by atoms with Crippen LogP contribution in [-0.4, -0.2) is 16.2 Å². The van der Waals surface area contributed by atoms with Crippen LogP contribution < -0.4 is 0 Å². The number of aliphatic hydroxyl groups excluding tert-OH is 1. The molecule has 0 amide bonds. The summed E-state index contributed by atoms with van der Waals surface area (Å²) >= 11 is 0. The van der Waals surface area contributed by atoms with Gasteiger partial charge in [0.25, 0.3) is 0 Å². The van der Waals surface area contributed by atoms with Crippen molar-refractivity contribution in [2.45, 2.75) is 90.1 Å². The van der Waals surface area contributed by atoms with Gasteiger partial charge in [-0.3, -0.25) is 4.98 Å². The number of hydrogen-bond acceptors (Lipinski definition) is 2. The minimum atomic E-state index is -0.252. The van der Waals surface area contributed by atoms with E-state index in [2.05, 4.69) is 55.2 Å². The maximum Gasteiger partial charge on any atom is 0.0727 e. The summed E-state index contributed by atoms with van der Waals surface area (Å²) in [5, 5.41) is 12.8. The first kappa shape index (κ1) is 20.9. The molecule has 0 saturated heterocycles. The molecule has 1 aromatic carbocycles. The van der Waals surface area contributed by atoms with Gasteiger partial charge in [-0.15, -0.1) is 0 Å². The lowest BCUT2D eigenvalue weighted by Gasteiger charge is -2.35. The number of fused-ring (bicyclic) bond motifs is 2. The second-order valence-electron chi connectivity index (χ2n) is 11.0. The summed E-state index contributed by atoms with van der Waals surface area (Å²) in [5.41, 5.74) is 5.17. The number of aliphatic hydroxyl groups is 1. The Balaban J connectivity index is 1.35. The van der Waals surface area contributed by atoms with E-state index < -0.39 is 0 Å². The molecule has 1 N–H and O–H groups in total. The molecule has 0 spiro atoms. The fourth-order valence-corrected chi connectivity index (χ4v) is 6.66. The summed E-state index contributed by atoms with van der Waals surface area (Å²) < 4.78 is 0. The number of rotatable bonds is 4. The van der Waals surface area contributed by atoms with Gasteiger partial charge in [-0.1, -0.05) is 50.1 Å². The Hall–Kier alpha value is -1.93. The lowest BCUT2D eigenvalue weighted by Crippen LogP contribution is -2.26. The summed E-state index contributed by atoms with van der Waals surface area (Å²) in [6.45, 7) is 4.94. The van der Waals surface area contributed by atoms with E-state index in [0.29, 0.717) is 11.3 Å². The van der Waals surface area contributed by atoms with Gasteiger partial charge in [0.2, 0.25) is 0 Å². The summed E-state index contributed by atoms with van der Waals surface area (Å²) in [7, 11) is 0. The number of nitrogens with zero attached hydrogens (tertiary/aromatic N) is 1. The van der Waals surface area contributed by atoms with Crippen molar-refractivity contribution in [3.05, 3.63) is 65.5 Å². The van der Waals surface area contributed by atoms with Gasteiger partial charge in [-0.25, -0.2) is 0 Å². The standard InChI is InChI=1S/C29H37NO/c1-28-12-3-5-21(17-25(28)19-26(31)10-15-28)9-14-29(2)13-4-6-27(29)23-8-7-22-11-16-30-20-24(22)18-23/h7-8,11,16-20,26-27,31H,3-6,9-10,12-15H2,1-2H3. The smallest absolute Gasteiger partial charge is 0.0727 e. The summed E-state index contributed by atoms with van der Waals surface area (Å²) in [6, 6.07) is 9.14. The molecule has 3 aliphatic carbocycles. The Labute approximate surface area is 187 Å². The van der Waals surface area contributed by atoms with E-state index in [0.717, 1.165) is 12.8 Å². The molecule has 2 heteroatoms. The maximum atomic E-state index is 10.2. The van der Waals surface area contributed by atoms with Crippen LogP contribution in [0, 0.1) is 10.8 Å². The van der Waals surface area contributed by atoms with Crippen molar-refractivity contribution < 1.29 is 5.11 Å². The molecular formula is C29H37NO. The van der Waals surface area contributed by atoms with Crippen LogP contribution in [0.25, 0.3) is 10.8 Å². The molecule has 164 valence electrons. The van der Waals surface area contributed by atoms with E-state index >= 15 is 0 Å². The van der Waals surface area contributed by atoms with Crippen LogP contribution in [0.3, 0.4) is 0 Å². The molecule has 4 atom stereocenters. The molecule has 5 rings (SSSR count). The minimum absolute atomic E-state index is 0.252. The highest BCUT2D eigenvalue weighted by molar-refractivity contribution is 5.82. The number of benzene rings is 1. The van der Waals surface area contributed by atoms with Crippen LogP contribution in [0.1, 0.15) is 89.5 Å². The Morgan fingerprint density at radius 2 is 1.94 bits per heavy atom. The molecule has 2 aromatic rings. The molecule has 1 aromatic heterocycles. The van der Waals surface area contributed by atoms with Gasteiger partial charge in [0.05, 0.1) is 6.10 Å². The zero-order valence-corrected chi connectivity index (χ0v) is 19.2. The van der Waals surface area contributed by atoms with Crippen molar-refractivity contribution in [3.63, 3.8) is 0 Å². The fourth-order valence-electron chi connectivity index (χ4n) is 6.66. The van der Waals surface area contributed by atoms with E-state index in [1.165, 1.54) is 73.3 Å². The molecule has 1 fully saturated rings. The van der Waals surface area contributed by atoms with Gasteiger partial charge >= 0.3 is 0 Å².